The van der Waals surface area contributed by atoms with E-state index in [1.54, 1.807) is 0 Å². The molecule has 0 bridgehead atoms. The Hall–Kier alpha value is -1.71. The molecule has 0 aliphatic heterocycles. The van der Waals surface area contributed by atoms with Crippen LogP contribution in [-0.2, 0) is 4.79 Å². The molecule has 0 heterocycles. The molecule has 4 heteroatoms. The van der Waals surface area contributed by atoms with E-state index in [1.807, 2.05) is 31.2 Å². The van der Waals surface area contributed by atoms with E-state index >= 15 is 0 Å². The quantitative estimate of drug-likeness (QED) is 0.765. The van der Waals surface area contributed by atoms with Gasteiger partial charge in [0.1, 0.15) is 5.75 Å². The average Bonchev–Trinajstić information content (AvgIpc) is 2.27. The third-order valence-electron chi connectivity index (χ3n) is 2.22. The molecular formula is C13H19NO3. The largest absolute Gasteiger partial charge is 0.494 e. The highest BCUT2D eigenvalue weighted by Crippen LogP contribution is 2.17. The number of benzene rings is 1. The normalized spacial score (nSPS) is 11.9. The maximum Gasteiger partial charge on any atom is 0.305 e. The number of ether oxygens (including phenoxy) is 1. The van der Waals surface area contributed by atoms with Gasteiger partial charge in [0, 0.05) is 11.7 Å². The first-order chi connectivity index (χ1) is 8.11. The Balaban J connectivity index is 2.47. The van der Waals surface area contributed by atoms with Gasteiger partial charge in [-0.3, -0.25) is 4.79 Å². The minimum Gasteiger partial charge on any atom is -0.494 e. The monoisotopic (exact) mass is 237 g/mol. The summed E-state index contributed by atoms with van der Waals surface area (Å²) in [6, 6.07) is 7.46. The van der Waals surface area contributed by atoms with E-state index in [0.29, 0.717) is 6.61 Å². The summed E-state index contributed by atoms with van der Waals surface area (Å²) in [5, 5.41) is 11.8. The van der Waals surface area contributed by atoms with Crippen LogP contribution in [0.25, 0.3) is 0 Å². The van der Waals surface area contributed by atoms with Crippen molar-refractivity contribution in [2.24, 2.45) is 0 Å². The van der Waals surface area contributed by atoms with Gasteiger partial charge < -0.3 is 15.2 Å². The topological polar surface area (TPSA) is 58.6 Å². The first-order valence-corrected chi connectivity index (χ1v) is 5.83. The van der Waals surface area contributed by atoms with Crippen molar-refractivity contribution < 1.29 is 14.6 Å². The molecular weight excluding hydrogens is 218 g/mol. The predicted octanol–water partition coefficient (Wildman–Crippen LogP) is 2.75. The van der Waals surface area contributed by atoms with Gasteiger partial charge in [-0.05, 0) is 37.6 Å². The van der Waals surface area contributed by atoms with E-state index in [9.17, 15) is 4.79 Å². The lowest BCUT2D eigenvalue weighted by atomic mass is 10.2. The molecule has 0 amide bonds. The lowest BCUT2D eigenvalue weighted by Gasteiger charge is -2.13. The van der Waals surface area contributed by atoms with Crippen molar-refractivity contribution in [2.45, 2.75) is 32.7 Å². The number of carboxylic acids is 1. The van der Waals surface area contributed by atoms with E-state index < -0.39 is 5.97 Å². The Labute approximate surface area is 102 Å². The number of carboxylic acid groups (broad SMARTS) is 1. The number of anilines is 1. The molecule has 4 nitrogen and oxygen atoms in total. The molecule has 2 N–H and O–H groups in total. The summed E-state index contributed by atoms with van der Waals surface area (Å²) in [6.45, 7) is 4.61. The van der Waals surface area contributed by atoms with Crippen molar-refractivity contribution in [2.75, 3.05) is 11.9 Å². The third kappa shape index (κ3) is 5.24. The van der Waals surface area contributed by atoms with Crippen molar-refractivity contribution in [3.8, 4) is 5.75 Å². The van der Waals surface area contributed by atoms with Gasteiger partial charge in [-0.25, -0.2) is 0 Å². The number of carbonyl (C=O) groups is 1. The van der Waals surface area contributed by atoms with Crippen molar-refractivity contribution in [1.29, 1.82) is 0 Å². The Morgan fingerprint density at radius 3 is 2.59 bits per heavy atom. The fourth-order valence-corrected chi connectivity index (χ4v) is 1.46. The van der Waals surface area contributed by atoms with Crippen LogP contribution in [0.2, 0.25) is 0 Å². The summed E-state index contributed by atoms with van der Waals surface area (Å²) in [4.78, 5) is 10.5. The molecule has 0 aromatic heterocycles. The fourth-order valence-electron chi connectivity index (χ4n) is 1.46. The molecule has 1 unspecified atom stereocenters. The van der Waals surface area contributed by atoms with Gasteiger partial charge in [-0.15, -0.1) is 0 Å². The zero-order chi connectivity index (χ0) is 12.7. The van der Waals surface area contributed by atoms with Crippen molar-refractivity contribution in [1.82, 2.24) is 0 Å². The maximum absolute atomic E-state index is 10.5. The second-order valence-electron chi connectivity index (χ2n) is 4.02. The molecule has 0 radical (unpaired) electrons. The number of hydrogen-bond donors (Lipinski definition) is 2. The summed E-state index contributed by atoms with van der Waals surface area (Å²) in [5.74, 6) is 0.0381. The molecule has 1 atom stereocenters. The van der Waals surface area contributed by atoms with E-state index in [2.05, 4.69) is 12.2 Å². The minimum absolute atomic E-state index is 0.0880. The third-order valence-corrected chi connectivity index (χ3v) is 2.22. The highest BCUT2D eigenvalue weighted by molar-refractivity contribution is 5.68. The highest BCUT2D eigenvalue weighted by Gasteiger charge is 2.06. The molecule has 94 valence electrons. The van der Waals surface area contributed by atoms with E-state index in [1.165, 1.54) is 0 Å². The van der Waals surface area contributed by atoms with Crippen LogP contribution < -0.4 is 10.1 Å². The van der Waals surface area contributed by atoms with Crippen LogP contribution in [0.3, 0.4) is 0 Å². The second kappa shape index (κ2) is 6.78. The fraction of sp³-hybridized carbons (Fsp3) is 0.462. The van der Waals surface area contributed by atoms with E-state index in [4.69, 9.17) is 9.84 Å². The van der Waals surface area contributed by atoms with Crippen LogP contribution in [0, 0.1) is 0 Å². The summed E-state index contributed by atoms with van der Waals surface area (Å²) in [5.41, 5.74) is 0.905. The minimum atomic E-state index is -0.798. The lowest BCUT2D eigenvalue weighted by molar-refractivity contribution is -0.137. The van der Waals surface area contributed by atoms with Gasteiger partial charge >= 0.3 is 5.97 Å². The van der Waals surface area contributed by atoms with Crippen LogP contribution in [0.1, 0.15) is 26.7 Å². The summed E-state index contributed by atoms with van der Waals surface area (Å²) < 4.78 is 5.46. The smallest absolute Gasteiger partial charge is 0.305 e. The molecule has 0 saturated heterocycles. The Morgan fingerprint density at radius 2 is 2.06 bits per heavy atom. The first kappa shape index (κ1) is 13.4. The average molecular weight is 237 g/mol. The number of nitrogens with one attached hydrogen (secondary N) is 1. The van der Waals surface area contributed by atoms with Crippen molar-refractivity contribution >= 4 is 11.7 Å². The highest BCUT2D eigenvalue weighted by atomic mass is 16.5. The number of aliphatic carboxylic acids is 1. The van der Waals surface area contributed by atoms with Gasteiger partial charge in [-0.2, -0.15) is 0 Å². The zero-order valence-corrected chi connectivity index (χ0v) is 10.3. The van der Waals surface area contributed by atoms with Crippen LogP contribution in [0.15, 0.2) is 24.3 Å². The lowest BCUT2D eigenvalue weighted by Crippen LogP contribution is -2.19. The first-order valence-electron chi connectivity index (χ1n) is 5.83. The molecule has 17 heavy (non-hydrogen) atoms. The van der Waals surface area contributed by atoms with Crippen LogP contribution in [-0.4, -0.2) is 23.7 Å². The Morgan fingerprint density at radius 1 is 1.41 bits per heavy atom. The molecule has 1 aromatic carbocycles. The summed E-state index contributed by atoms with van der Waals surface area (Å²) in [6.07, 6.45) is 1.09. The SMILES string of the molecule is CCCOc1ccc(NC(C)CC(=O)O)cc1. The van der Waals surface area contributed by atoms with E-state index in [0.717, 1.165) is 17.9 Å². The van der Waals surface area contributed by atoms with Gasteiger partial charge in [0.2, 0.25) is 0 Å². The Kier molecular flexibility index (Phi) is 5.33. The maximum atomic E-state index is 10.5. The number of hydrogen-bond acceptors (Lipinski definition) is 3. The van der Waals surface area contributed by atoms with Crippen molar-refractivity contribution in [3.63, 3.8) is 0 Å². The van der Waals surface area contributed by atoms with E-state index in [-0.39, 0.29) is 12.5 Å². The summed E-state index contributed by atoms with van der Waals surface area (Å²) >= 11 is 0. The molecule has 0 aliphatic carbocycles. The van der Waals surface area contributed by atoms with Gasteiger partial charge in [-0.1, -0.05) is 6.92 Å². The Bertz CT molecular complexity index is 348. The molecule has 0 aliphatic rings. The van der Waals surface area contributed by atoms with Gasteiger partial charge in [0.15, 0.2) is 0 Å². The molecule has 0 spiro atoms. The number of rotatable bonds is 7. The molecule has 1 rings (SSSR count). The zero-order valence-electron chi connectivity index (χ0n) is 10.3. The molecule has 0 fully saturated rings. The summed E-state index contributed by atoms with van der Waals surface area (Å²) in [7, 11) is 0. The van der Waals surface area contributed by atoms with Gasteiger partial charge in [0.05, 0.1) is 13.0 Å². The molecule has 1 aromatic rings. The van der Waals surface area contributed by atoms with Crippen LogP contribution >= 0.6 is 0 Å². The predicted molar refractivity (Wildman–Crippen MR) is 67.6 cm³/mol. The standard InChI is InChI=1S/C13H19NO3/c1-3-8-17-12-6-4-11(5-7-12)14-10(2)9-13(15)16/h4-7,10,14H,3,8-9H2,1-2H3,(H,15,16). The van der Waals surface area contributed by atoms with Crippen molar-refractivity contribution in [3.05, 3.63) is 24.3 Å². The van der Waals surface area contributed by atoms with Gasteiger partial charge in [0.25, 0.3) is 0 Å². The van der Waals surface area contributed by atoms with Crippen LogP contribution in [0.4, 0.5) is 5.69 Å². The molecule has 0 saturated carbocycles. The van der Waals surface area contributed by atoms with Crippen LogP contribution in [0.5, 0.6) is 5.75 Å². The second-order valence-corrected chi connectivity index (χ2v) is 4.02.